The van der Waals surface area contributed by atoms with Crippen molar-refractivity contribution in [2.24, 2.45) is 0 Å². The smallest absolute Gasteiger partial charge is 0.268 e. The normalized spacial score (nSPS) is 15.8. The Bertz CT molecular complexity index is 496. The molecule has 1 aromatic rings. The summed E-state index contributed by atoms with van der Waals surface area (Å²) in [6, 6.07) is 4.17. The molecule has 0 amide bonds. The van der Waals surface area contributed by atoms with Crippen LogP contribution in [0.5, 0.6) is 0 Å². The fourth-order valence-electron chi connectivity index (χ4n) is 2.38. The SMILES string of the molecule is CN(c1ccnc(C#N)n1)C1CCB(C#N)CC1. The van der Waals surface area contributed by atoms with Crippen molar-refractivity contribution in [1.29, 1.82) is 10.5 Å². The largest absolute Gasteiger partial charge is 0.357 e. The molecule has 18 heavy (non-hydrogen) atoms. The molecule has 1 fully saturated rings. The predicted molar refractivity (Wildman–Crippen MR) is 69.2 cm³/mol. The summed E-state index contributed by atoms with van der Waals surface area (Å²) in [5.41, 5.74) is 0. The second-order valence-electron chi connectivity index (χ2n) is 4.60. The highest BCUT2D eigenvalue weighted by Crippen LogP contribution is 2.25. The quantitative estimate of drug-likeness (QED) is 0.731. The second kappa shape index (κ2) is 5.51. The Kier molecular flexibility index (Phi) is 3.79. The van der Waals surface area contributed by atoms with Gasteiger partial charge in [-0.05, 0) is 18.9 Å². The molecule has 0 aliphatic carbocycles. The van der Waals surface area contributed by atoms with Crippen LogP contribution in [0.15, 0.2) is 12.3 Å². The molecular weight excluding hydrogens is 225 g/mol. The zero-order valence-electron chi connectivity index (χ0n) is 10.4. The van der Waals surface area contributed by atoms with Crippen molar-refractivity contribution in [1.82, 2.24) is 9.97 Å². The van der Waals surface area contributed by atoms with Crippen LogP contribution in [0, 0.1) is 22.6 Å². The van der Waals surface area contributed by atoms with Gasteiger partial charge in [0.25, 0.3) is 6.71 Å². The Morgan fingerprint density at radius 2 is 2.11 bits per heavy atom. The molecule has 2 heterocycles. The third-order valence-electron chi connectivity index (χ3n) is 3.53. The molecule has 0 aromatic carbocycles. The minimum absolute atomic E-state index is 0.199. The summed E-state index contributed by atoms with van der Waals surface area (Å²) in [6.45, 7) is 0.203. The molecule has 1 aromatic heterocycles. The van der Waals surface area contributed by atoms with Gasteiger partial charge in [-0.25, -0.2) is 15.2 Å². The number of hydrogen-bond donors (Lipinski definition) is 0. The average molecular weight is 239 g/mol. The number of anilines is 1. The Hall–Kier alpha value is -2.08. The van der Waals surface area contributed by atoms with Gasteiger partial charge in [0.2, 0.25) is 5.82 Å². The topological polar surface area (TPSA) is 76.6 Å². The van der Waals surface area contributed by atoms with Crippen LogP contribution in [0.25, 0.3) is 0 Å². The van der Waals surface area contributed by atoms with E-state index in [0.717, 1.165) is 31.3 Å². The van der Waals surface area contributed by atoms with E-state index in [1.54, 1.807) is 6.20 Å². The van der Waals surface area contributed by atoms with E-state index in [0.29, 0.717) is 6.04 Å². The average Bonchev–Trinajstić information content (AvgIpc) is 2.46. The van der Waals surface area contributed by atoms with Gasteiger partial charge in [0.1, 0.15) is 11.9 Å². The number of rotatable bonds is 2. The number of hydrogen-bond acceptors (Lipinski definition) is 5. The number of aromatic nitrogens is 2. The first-order valence-electron chi connectivity index (χ1n) is 6.10. The van der Waals surface area contributed by atoms with Crippen LogP contribution < -0.4 is 4.90 Å². The fraction of sp³-hybridized carbons (Fsp3) is 0.500. The van der Waals surface area contributed by atoms with Crippen LogP contribution in [-0.4, -0.2) is 29.8 Å². The Morgan fingerprint density at radius 1 is 1.39 bits per heavy atom. The summed E-state index contributed by atoms with van der Waals surface area (Å²) in [5, 5.41) is 17.7. The van der Waals surface area contributed by atoms with Crippen molar-refractivity contribution in [2.45, 2.75) is 31.5 Å². The Morgan fingerprint density at radius 3 is 2.72 bits per heavy atom. The lowest BCUT2D eigenvalue weighted by molar-refractivity contribution is 0.563. The monoisotopic (exact) mass is 239 g/mol. The van der Waals surface area contributed by atoms with Crippen LogP contribution in [0.4, 0.5) is 5.82 Å². The molecule has 0 radical (unpaired) electrons. The lowest BCUT2D eigenvalue weighted by Crippen LogP contribution is -2.37. The molecule has 0 spiro atoms. The first-order valence-corrected chi connectivity index (χ1v) is 6.10. The van der Waals surface area contributed by atoms with E-state index in [-0.39, 0.29) is 12.5 Å². The molecule has 1 aliphatic rings. The van der Waals surface area contributed by atoms with Gasteiger partial charge >= 0.3 is 0 Å². The molecule has 0 saturated carbocycles. The van der Waals surface area contributed by atoms with Crippen molar-refractivity contribution in [3.05, 3.63) is 18.1 Å². The maximum atomic E-state index is 8.88. The molecule has 0 bridgehead atoms. The standard InChI is InChI=1S/C12H14BN5/c1-18(10-2-5-13(9-15)6-3-10)12-4-7-16-11(8-14)17-12/h4,7,10H,2-3,5-6H2,1H3. The van der Waals surface area contributed by atoms with Gasteiger partial charge < -0.3 is 4.90 Å². The van der Waals surface area contributed by atoms with E-state index in [9.17, 15) is 0 Å². The highest BCUT2D eigenvalue weighted by atomic mass is 15.2. The Balaban J connectivity index is 2.06. The predicted octanol–water partition coefficient (Wildman–Crippen LogP) is 1.50. The molecule has 1 saturated heterocycles. The fourth-order valence-corrected chi connectivity index (χ4v) is 2.38. The minimum Gasteiger partial charge on any atom is -0.357 e. The summed E-state index contributed by atoms with van der Waals surface area (Å²) in [5.74, 6) is 3.31. The van der Waals surface area contributed by atoms with E-state index in [1.165, 1.54) is 0 Å². The summed E-state index contributed by atoms with van der Waals surface area (Å²) in [4.78, 5) is 10.2. The zero-order chi connectivity index (χ0) is 13.0. The third kappa shape index (κ3) is 2.60. The molecule has 0 atom stereocenters. The van der Waals surface area contributed by atoms with Crippen molar-refractivity contribution in [3.63, 3.8) is 0 Å². The maximum Gasteiger partial charge on any atom is 0.268 e. The van der Waals surface area contributed by atoms with Gasteiger partial charge in [-0.3, -0.25) is 0 Å². The molecule has 90 valence electrons. The molecule has 2 rings (SSSR count). The van der Waals surface area contributed by atoms with Crippen molar-refractivity contribution >= 4 is 12.5 Å². The first kappa shape index (κ1) is 12.4. The maximum absolute atomic E-state index is 8.88. The molecule has 0 unspecified atom stereocenters. The van der Waals surface area contributed by atoms with Crippen molar-refractivity contribution in [2.75, 3.05) is 11.9 Å². The van der Waals surface area contributed by atoms with Crippen LogP contribution in [-0.2, 0) is 0 Å². The molecule has 5 nitrogen and oxygen atoms in total. The highest BCUT2D eigenvalue weighted by molar-refractivity contribution is 6.67. The van der Waals surface area contributed by atoms with E-state index >= 15 is 0 Å². The molecule has 6 heteroatoms. The van der Waals surface area contributed by atoms with Gasteiger partial charge in [-0.2, -0.15) is 5.26 Å². The minimum atomic E-state index is 0.199. The van der Waals surface area contributed by atoms with Crippen molar-refractivity contribution in [3.8, 4) is 12.0 Å². The van der Waals surface area contributed by atoms with E-state index in [2.05, 4.69) is 20.8 Å². The molecular formula is C12H14BN5. The number of nitriles is 2. The van der Waals surface area contributed by atoms with Crippen LogP contribution in [0.3, 0.4) is 0 Å². The summed E-state index contributed by atoms with van der Waals surface area (Å²) < 4.78 is 0. The van der Waals surface area contributed by atoms with Gasteiger partial charge in [0.05, 0.1) is 0 Å². The first-order chi connectivity index (χ1) is 8.74. The van der Waals surface area contributed by atoms with Gasteiger partial charge in [0.15, 0.2) is 0 Å². The van der Waals surface area contributed by atoms with Crippen LogP contribution in [0.2, 0.25) is 12.6 Å². The van der Waals surface area contributed by atoms with Crippen molar-refractivity contribution < 1.29 is 0 Å². The van der Waals surface area contributed by atoms with E-state index in [4.69, 9.17) is 10.5 Å². The summed E-state index contributed by atoms with van der Waals surface area (Å²) in [7, 11) is 1.99. The lowest BCUT2D eigenvalue weighted by atomic mass is 9.42. The van der Waals surface area contributed by atoms with E-state index in [1.807, 2.05) is 19.2 Å². The van der Waals surface area contributed by atoms with E-state index < -0.39 is 0 Å². The van der Waals surface area contributed by atoms with Crippen LogP contribution >= 0.6 is 0 Å². The number of nitrogens with zero attached hydrogens (tertiary/aromatic N) is 5. The van der Waals surface area contributed by atoms with Gasteiger partial charge in [0, 0.05) is 25.3 Å². The molecule has 1 aliphatic heterocycles. The Labute approximate surface area is 107 Å². The second-order valence-corrected chi connectivity index (χ2v) is 4.60. The lowest BCUT2D eigenvalue weighted by Gasteiger charge is -2.32. The summed E-state index contributed by atoms with van der Waals surface area (Å²) >= 11 is 0. The van der Waals surface area contributed by atoms with Gasteiger partial charge in [-0.1, -0.05) is 12.6 Å². The summed E-state index contributed by atoms with van der Waals surface area (Å²) in [6.07, 6.45) is 5.50. The molecule has 0 N–H and O–H groups in total. The van der Waals surface area contributed by atoms with Crippen LogP contribution in [0.1, 0.15) is 18.7 Å². The van der Waals surface area contributed by atoms with Gasteiger partial charge in [-0.15, -0.1) is 0 Å². The zero-order valence-corrected chi connectivity index (χ0v) is 10.4. The highest BCUT2D eigenvalue weighted by Gasteiger charge is 2.27. The third-order valence-corrected chi connectivity index (χ3v) is 3.53.